The molecule has 0 aliphatic rings. The Kier molecular flexibility index (Phi) is 4.26. The molecule has 0 aromatic heterocycles. The Labute approximate surface area is 91.9 Å². The SMILES string of the molecule is CCC(=O)Oc1cccc(CO[N+](=O)[O-])c1. The van der Waals surface area contributed by atoms with Crippen molar-refractivity contribution in [2.24, 2.45) is 0 Å². The van der Waals surface area contributed by atoms with Crippen LogP contribution in [0.15, 0.2) is 24.3 Å². The van der Waals surface area contributed by atoms with Crippen molar-refractivity contribution in [1.82, 2.24) is 0 Å². The highest BCUT2D eigenvalue weighted by Gasteiger charge is 2.03. The molecule has 1 aromatic carbocycles. The van der Waals surface area contributed by atoms with Gasteiger partial charge in [-0.05, 0) is 17.7 Å². The van der Waals surface area contributed by atoms with E-state index in [2.05, 4.69) is 4.84 Å². The Morgan fingerprint density at radius 1 is 1.50 bits per heavy atom. The number of rotatable bonds is 5. The Bertz CT molecular complexity index is 391. The van der Waals surface area contributed by atoms with E-state index in [9.17, 15) is 14.9 Å². The lowest BCUT2D eigenvalue weighted by atomic mass is 10.2. The lowest BCUT2D eigenvalue weighted by Crippen LogP contribution is -2.06. The first-order chi connectivity index (χ1) is 7.61. The Hall–Kier alpha value is -2.11. The van der Waals surface area contributed by atoms with Crippen LogP contribution in [0.3, 0.4) is 0 Å². The average Bonchev–Trinajstić information content (AvgIpc) is 2.26. The number of carbonyl (C=O) groups is 1. The molecule has 0 spiro atoms. The van der Waals surface area contributed by atoms with Gasteiger partial charge < -0.3 is 9.57 Å². The minimum atomic E-state index is -0.870. The molecule has 16 heavy (non-hydrogen) atoms. The number of ether oxygens (including phenoxy) is 1. The van der Waals surface area contributed by atoms with Crippen molar-refractivity contribution < 1.29 is 19.5 Å². The monoisotopic (exact) mass is 225 g/mol. The van der Waals surface area contributed by atoms with Crippen molar-refractivity contribution >= 4 is 5.97 Å². The van der Waals surface area contributed by atoms with Crippen molar-refractivity contribution in [3.05, 3.63) is 39.9 Å². The molecule has 0 atom stereocenters. The molecule has 0 bridgehead atoms. The summed E-state index contributed by atoms with van der Waals surface area (Å²) in [5.41, 5.74) is 0.568. The predicted octanol–water partition coefficient (Wildman–Crippen LogP) is 1.71. The second-order valence-electron chi connectivity index (χ2n) is 2.97. The molecule has 0 amide bonds. The van der Waals surface area contributed by atoms with E-state index in [1.165, 1.54) is 6.07 Å². The van der Waals surface area contributed by atoms with Gasteiger partial charge in [-0.15, -0.1) is 10.1 Å². The average molecular weight is 225 g/mol. The van der Waals surface area contributed by atoms with Gasteiger partial charge in [0.15, 0.2) is 0 Å². The largest absolute Gasteiger partial charge is 0.427 e. The fourth-order valence-corrected chi connectivity index (χ4v) is 1.03. The first kappa shape index (κ1) is 12.0. The second kappa shape index (κ2) is 5.69. The Morgan fingerprint density at radius 3 is 2.88 bits per heavy atom. The molecular weight excluding hydrogens is 214 g/mol. The van der Waals surface area contributed by atoms with E-state index in [-0.39, 0.29) is 19.0 Å². The Morgan fingerprint density at radius 2 is 2.25 bits per heavy atom. The van der Waals surface area contributed by atoms with Gasteiger partial charge in [-0.3, -0.25) is 4.79 Å². The maximum atomic E-state index is 11.0. The lowest BCUT2D eigenvalue weighted by molar-refractivity contribution is -0.763. The topological polar surface area (TPSA) is 78.7 Å². The molecule has 0 heterocycles. The summed E-state index contributed by atoms with van der Waals surface area (Å²) in [7, 11) is 0. The fourth-order valence-electron chi connectivity index (χ4n) is 1.03. The number of esters is 1. The third-order valence-electron chi connectivity index (χ3n) is 1.76. The van der Waals surface area contributed by atoms with Gasteiger partial charge >= 0.3 is 5.97 Å². The number of benzene rings is 1. The molecule has 6 heteroatoms. The fraction of sp³-hybridized carbons (Fsp3) is 0.300. The molecule has 0 radical (unpaired) electrons. The van der Waals surface area contributed by atoms with Crippen LogP contribution in [0.2, 0.25) is 0 Å². The maximum absolute atomic E-state index is 11.0. The normalized spacial score (nSPS) is 9.56. The number of nitrogens with zero attached hydrogens (tertiary/aromatic N) is 1. The van der Waals surface area contributed by atoms with Crippen LogP contribution in [0.5, 0.6) is 5.75 Å². The van der Waals surface area contributed by atoms with Gasteiger partial charge in [-0.2, -0.15) is 0 Å². The van der Waals surface area contributed by atoms with Gasteiger partial charge in [0.2, 0.25) is 0 Å². The quantitative estimate of drug-likeness (QED) is 0.330. The summed E-state index contributed by atoms with van der Waals surface area (Å²) in [5.74, 6) is 0.00337. The first-order valence-corrected chi connectivity index (χ1v) is 4.68. The summed E-state index contributed by atoms with van der Waals surface area (Å²) < 4.78 is 4.95. The highest BCUT2D eigenvalue weighted by Crippen LogP contribution is 2.14. The van der Waals surface area contributed by atoms with Crippen molar-refractivity contribution in [2.45, 2.75) is 20.0 Å². The molecule has 0 aliphatic carbocycles. The third kappa shape index (κ3) is 3.95. The summed E-state index contributed by atoms with van der Waals surface area (Å²) >= 11 is 0. The summed E-state index contributed by atoms with van der Waals surface area (Å²) in [5, 5.41) is 9.11. The Balaban J connectivity index is 2.63. The molecule has 0 N–H and O–H groups in total. The van der Waals surface area contributed by atoms with Crippen molar-refractivity contribution in [3.63, 3.8) is 0 Å². The highest BCUT2D eigenvalue weighted by atomic mass is 16.9. The summed E-state index contributed by atoms with van der Waals surface area (Å²) in [6.45, 7) is 1.52. The molecule has 0 saturated carbocycles. The van der Waals surface area contributed by atoms with E-state index in [0.29, 0.717) is 11.3 Å². The molecule has 0 fully saturated rings. The molecule has 86 valence electrons. The maximum Gasteiger partial charge on any atom is 0.310 e. The van der Waals surface area contributed by atoms with E-state index in [1.807, 2.05) is 0 Å². The first-order valence-electron chi connectivity index (χ1n) is 4.68. The van der Waals surface area contributed by atoms with Crippen molar-refractivity contribution in [2.75, 3.05) is 0 Å². The predicted molar refractivity (Wildman–Crippen MR) is 54.2 cm³/mol. The van der Waals surface area contributed by atoms with Gasteiger partial charge in [-0.1, -0.05) is 19.1 Å². The molecule has 0 saturated heterocycles. The van der Waals surface area contributed by atoms with Crippen LogP contribution in [0.1, 0.15) is 18.9 Å². The molecular formula is C10H11NO5. The number of carbonyl (C=O) groups excluding carboxylic acids is 1. The van der Waals surface area contributed by atoms with Gasteiger partial charge in [0.1, 0.15) is 12.4 Å². The van der Waals surface area contributed by atoms with Crippen LogP contribution in [0.4, 0.5) is 0 Å². The zero-order chi connectivity index (χ0) is 12.0. The van der Waals surface area contributed by atoms with Gasteiger partial charge in [-0.25, -0.2) is 0 Å². The summed E-state index contributed by atoms with van der Waals surface area (Å²) in [6, 6.07) is 6.41. The third-order valence-corrected chi connectivity index (χ3v) is 1.76. The van der Waals surface area contributed by atoms with Crippen molar-refractivity contribution in [3.8, 4) is 5.75 Å². The van der Waals surface area contributed by atoms with E-state index >= 15 is 0 Å². The van der Waals surface area contributed by atoms with Gasteiger partial charge in [0.25, 0.3) is 5.09 Å². The minimum Gasteiger partial charge on any atom is -0.427 e. The van der Waals surface area contributed by atoms with E-state index < -0.39 is 5.09 Å². The molecule has 1 aromatic rings. The van der Waals surface area contributed by atoms with E-state index in [1.54, 1.807) is 25.1 Å². The van der Waals surface area contributed by atoms with Gasteiger partial charge in [0.05, 0.1) is 0 Å². The number of hydrogen-bond acceptors (Lipinski definition) is 5. The lowest BCUT2D eigenvalue weighted by Gasteiger charge is -2.04. The van der Waals surface area contributed by atoms with Gasteiger partial charge in [0, 0.05) is 6.42 Å². The van der Waals surface area contributed by atoms with Crippen LogP contribution >= 0.6 is 0 Å². The zero-order valence-corrected chi connectivity index (χ0v) is 8.71. The number of hydrogen-bond donors (Lipinski definition) is 0. The molecule has 1 rings (SSSR count). The minimum absolute atomic E-state index is 0.162. The van der Waals surface area contributed by atoms with Crippen LogP contribution in [-0.2, 0) is 16.2 Å². The standard InChI is InChI=1S/C10H11NO5/c1-2-10(12)16-9-5-3-4-8(6-9)7-15-11(13)14/h3-6H,2,7H2,1H3. The van der Waals surface area contributed by atoms with E-state index in [4.69, 9.17) is 4.74 Å². The molecule has 0 unspecified atom stereocenters. The highest BCUT2D eigenvalue weighted by molar-refractivity contribution is 5.71. The van der Waals surface area contributed by atoms with Crippen LogP contribution in [-0.4, -0.2) is 11.1 Å². The van der Waals surface area contributed by atoms with Crippen LogP contribution < -0.4 is 4.74 Å². The smallest absolute Gasteiger partial charge is 0.310 e. The van der Waals surface area contributed by atoms with Crippen LogP contribution in [0.25, 0.3) is 0 Å². The summed E-state index contributed by atoms with van der Waals surface area (Å²) in [4.78, 5) is 25.2. The van der Waals surface area contributed by atoms with Crippen molar-refractivity contribution in [1.29, 1.82) is 0 Å². The molecule has 6 nitrogen and oxygen atoms in total. The second-order valence-corrected chi connectivity index (χ2v) is 2.97. The molecule has 0 aliphatic heterocycles. The van der Waals surface area contributed by atoms with E-state index in [0.717, 1.165) is 0 Å². The summed E-state index contributed by atoms with van der Waals surface area (Å²) in [6.07, 6.45) is 0.273. The zero-order valence-electron chi connectivity index (χ0n) is 8.71. The van der Waals surface area contributed by atoms with Crippen LogP contribution in [0, 0.1) is 10.1 Å².